The summed E-state index contributed by atoms with van der Waals surface area (Å²) >= 11 is 0.0234. The number of aromatic nitrogens is 5. The van der Waals surface area contributed by atoms with Crippen molar-refractivity contribution in [2.75, 3.05) is 12.4 Å². The van der Waals surface area contributed by atoms with Gasteiger partial charge in [-0.2, -0.15) is 5.10 Å². The largest absolute Gasteiger partial charge is 0.492 e. The first-order chi connectivity index (χ1) is 12.3. The quantitative estimate of drug-likeness (QED) is 0.552. The van der Waals surface area contributed by atoms with Gasteiger partial charge in [-0.1, -0.05) is 0 Å². The van der Waals surface area contributed by atoms with E-state index in [1.807, 2.05) is 6.07 Å². The molecule has 0 saturated carbocycles. The van der Waals surface area contributed by atoms with E-state index in [9.17, 15) is 8.68 Å². The molecule has 0 bridgehead atoms. The molecule has 4 aromatic rings. The van der Waals surface area contributed by atoms with Crippen molar-refractivity contribution in [2.24, 2.45) is 0 Å². The fourth-order valence-electron chi connectivity index (χ4n) is 2.76. The molecule has 0 aliphatic rings. The van der Waals surface area contributed by atoms with Gasteiger partial charge in [0.25, 0.3) is 0 Å². The number of ether oxygens (including phenoxy) is 1. The highest BCUT2D eigenvalue weighted by molar-refractivity contribution is 7.92. The van der Waals surface area contributed by atoms with Crippen molar-refractivity contribution in [3.05, 3.63) is 36.9 Å². The maximum Gasteiger partial charge on any atom is 0.212 e. The number of nitrogens with zero attached hydrogens (tertiary/aromatic N) is 5. The van der Waals surface area contributed by atoms with Gasteiger partial charge in [-0.05, 0) is 18.2 Å². The number of carbonyl (C=O) groups excluding carboxylic acids is 1. The molecule has 0 spiro atoms. The lowest BCUT2D eigenvalue weighted by Gasteiger charge is -2.08. The van der Waals surface area contributed by atoms with Gasteiger partial charge < -0.3 is 10.1 Å². The molecule has 10 heteroatoms. The van der Waals surface area contributed by atoms with Crippen LogP contribution in [0.4, 0.5) is 9.70 Å². The lowest BCUT2D eigenvalue weighted by Crippen LogP contribution is -1.97. The highest BCUT2D eigenvalue weighted by atomic mass is 32.2. The number of nitrogens with one attached hydrogen (secondary N) is 1. The van der Waals surface area contributed by atoms with Gasteiger partial charge in [-0.15, -0.1) is 3.89 Å². The van der Waals surface area contributed by atoms with E-state index in [2.05, 4.69) is 20.4 Å². The molecule has 0 saturated heterocycles. The van der Waals surface area contributed by atoms with Crippen LogP contribution in [0.3, 0.4) is 0 Å². The average Bonchev–Trinajstić information content (AvgIpc) is 3.25. The Bertz CT molecular complexity index is 1090. The van der Waals surface area contributed by atoms with Crippen molar-refractivity contribution in [2.45, 2.75) is 0 Å². The van der Waals surface area contributed by atoms with Crippen molar-refractivity contribution in [3.8, 4) is 16.9 Å². The second kappa shape index (κ2) is 6.06. The van der Waals surface area contributed by atoms with E-state index >= 15 is 0 Å². The molecule has 126 valence electrons. The zero-order chi connectivity index (χ0) is 17.4. The number of amides is 1. The molecular formula is C15H11FN6O2S. The number of hydrogen-bond donors (Lipinski definition) is 1. The molecular weight excluding hydrogens is 347 g/mol. The Kier molecular flexibility index (Phi) is 3.73. The third-order valence-corrected chi connectivity index (χ3v) is 4.23. The highest BCUT2D eigenvalue weighted by Gasteiger charge is 2.19. The Morgan fingerprint density at radius 2 is 2.16 bits per heavy atom. The Morgan fingerprint density at radius 1 is 1.28 bits per heavy atom. The SMILES string of the molecule is COc1c(-c2cn(SF)c3nc(NC=O)ccc23)ccn2ncnc12. The first-order valence-corrected chi connectivity index (χ1v) is 7.82. The van der Waals surface area contributed by atoms with Crippen LogP contribution in [-0.4, -0.2) is 37.1 Å². The molecule has 0 aliphatic carbocycles. The van der Waals surface area contributed by atoms with Crippen molar-refractivity contribution in [1.82, 2.24) is 23.6 Å². The zero-order valence-corrected chi connectivity index (χ0v) is 13.7. The van der Waals surface area contributed by atoms with Crippen LogP contribution in [0.25, 0.3) is 27.8 Å². The summed E-state index contributed by atoms with van der Waals surface area (Å²) in [6.45, 7) is 0. The maximum atomic E-state index is 13.4. The average molecular weight is 358 g/mol. The van der Waals surface area contributed by atoms with Crippen LogP contribution in [0.1, 0.15) is 0 Å². The number of fused-ring (bicyclic) bond motifs is 2. The Labute approximate surface area is 145 Å². The Hall–Kier alpha value is -3.14. The number of anilines is 1. The van der Waals surface area contributed by atoms with Crippen LogP contribution in [0.15, 0.2) is 36.9 Å². The van der Waals surface area contributed by atoms with E-state index in [1.165, 1.54) is 10.3 Å². The summed E-state index contributed by atoms with van der Waals surface area (Å²) in [6, 6.07) is 5.24. The minimum atomic E-state index is 0.0234. The van der Waals surface area contributed by atoms with Gasteiger partial charge >= 0.3 is 0 Å². The first kappa shape index (κ1) is 15.4. The fourth-order valence-corrected chi connectivity index (χ4v) is 3.11. The molecule has 8 nitrogen and oxygen atoms in total. The normalized spacial score (nSPS) is 11.1. The number of methoxy groups -OCH3 is 1. The molecule has 4 aromatic heterocycles. The summed E-state index contributed by atoms with van der Waals surface area (Å²) in [6.07, 6.45) is 5.33. The molecule has 0 unspecified atom stereocenters. The van der Waals surface area contributed by atoms with E-state index in [-0.39, 0.29) is 12.3 Å². The number of pyridine rings is 2. The Balaban J connectivity index is 1.99. The zero-order valence-electron chi connectivity index (χ0n) is 12.9. The molecule has 0 aliphatic heterocycles. The van der Waals surface area contributed by atoms with Crippen LogP contribution in [-0.2, 0) is 4.79 Å². The minimum absolute atomic E-state index is 0.0234. The van der Waals surface area contributed by atoms with Gasteiger partial charge in [0.15, 0.2) is 29.4 Å². The standard InChI is InChI=1S/C15H11FN6O2S/c1-24-13-9(4-5-21-15(13)17-7-19-21)11-6-22(25-16)14-10(11)2-3-12(20-14)18-8-23/h2-8H,1H3,(H,18,20,23). The smallest absolute Gasteiger partial charge is 0.212 e. The predicted molar refractivity (Wildman–Crippen MR) is 92.0 cm³/mol. The maximum absolute atomic E-state index is 13.4. The molecule has 0 radical (unpaired) electrons. The van der Waals surface area contributed by atoms with Gasteiger partial charge in [0.05, 0.1) is 7.11 Å². The molecule has 4 rings (SSSR count). The summed E-state index contributed by atoms with van der Waals surface area (Å²) in [7, 11) is 1.54. The summed E-state index contributed by atoms with van der Waals surface area (Å²) < 4.78 is 21.8. The van der Waals surface area contributed by atoms with Crippen molar-refractivity contribution in [1.29, 1.82) is 0 Å². The second-order valence-electron chi connectivity index (χ2n) is 5.06. The van der Waals surface area contributed by atoms with Crippen LogP contribution < -0.4 is 10.1 Å². The molecule has 0 atom stereocenters. The third-order valence-electron chi connectivity index (χ3n) is 3.80. The summed E-state index contributed by atoms with van der Waals surface area (Å²) in [5, 5.41) is 7.25. The molecule has 0 aromatic carbocycles. The van der Waals surface area contributed by atoms with Crippen LogP contribution in [0.2, 0.25) is 0 Å². The molecule has 25 heavy (non-hydrogen) atoms. The monoisotopic (exact) mass is 358 g/mol. The first-order valence-electron chi connectivity index (χ1n) is 7.15. The summed E-state index contributed by atoms with van der Waals surface area (Å²) in [5.41, 5.74) is 2.41. The number of carbonyl (C=O) groups is 1. The van der Waals surface area contributed by atoms with Gasteiger partial charge in [0.1, 0.15) is 12.1 Å². The lowest BCUT2D eigenvalue weighted by molar-refractivity contribution is -0.105. The van der Waals surface area contributed by atoms with E-state index in [4.69, 9.17) is 4.74 Å². The fraction of sp³-hybridized carbons (Fsp3) is 0.0667. The summed E-state index contributed by atoms with van der Waals surface area (Å²) in [4.78, 5) is 19.1. The predicted octanol–water partition coefficient (Wildman–Crippen LogP) is 2.70. The van der Waals surface area contributed by atoms with E-state index in [1.54, 1.807) is 36.2 Å². The lowest BCUT2D eigenvalue weighted by atomic mass is 10.1. The van der Waals surface area contributed by atoms with Gasteiger partial charge in [-0.3, -0.25) is 4.79 Å². The molecule has 1 N–H and O–H groups in total. The van der Waals surface area contributed by atoms with Crippen LogP contribution >= 0.6 is 12.3 Å². The van der Waals surface area contributed by atoms with E-state index in [0.29, 0.717) is 34.7 Å². The topological polar surface area (TPSA) is 86.3 Å². The number of rotatable bonds is 5. The molecule has 4 heterocycles. The highest BCUT2D eigenvalue weighted by Crippen LogP contribution is 2.39. The minimum Gasteiger partial charge on any atom is -0.492 e. The number of halogens is 1. The van der Waals surface area contributed by atoms with Crippen LogP contribution in [0, 0.1) is 0 Å². The molecule has 1 amide bonds. The second-order valence-corrected chi connectivity index (χ2v) is 5.59. The van der Waals surface area contributed by atoms with Crippen molar-refractivity contribution in [3.63, 3.8) is 0 Å². The third kappa shape index (κ3) is 2.38. The van der Waals surface area contributed by atoms with Crippen molar-refractivity contribution >= 4 is 41.2 Å². The number of hydrogen-bond acceptors (Lipinski definition) is 6. The van der Waals surface area contributed by atoms with E-state index in [0.717, 1.165) is 11.1 Å². The van der Waals surface area contributed by atoms with Gasteiger partial charge in [0.2, 0.25) is 6.41 Å². The van der Waals surface area contributed by atoms with Gasteiger partial charge in [-0.25, -0.2) is 18.5 Å². The van der Waals surface area contributed by atoms with Crippen LogP contribution in [0.5, 0.6) is 5.75 Å². The molecule has 0 fully saturated rings. The Morgan fingerprint density at radius 3 is 2.92 bits per heavy atom. The van der Waals surface area contributed by atoms with E-state index < -0.39 is 0 Å². The summed E-state index contributed by atoms with van der Waals surface area (Å²) in [5.74, 6) is 0.861. The van der Waals surface area contributed by atoms with Crippen molar-refractivity contribution < 1.29 is 13.4 Å². The van der Waals surface area contributed by atoms with Gasteiger partial charge in [0, 0.05) is 28.9 Å².